The number of hydrogen-bond donors (Lipinski definition) is 0. The second-order valence-electron chi connectivity index (χ2n) is 4.90. The molecule has 23 heavy (non-hydrogen) atoms. The van der Waals surface area contributed by atoms with Crippen LogP contribution in [0.15, 0.2) is 61.2 Å². The van der Waals surface area contributed by atoms with Gasteiger partial charge in [0, 0.05) is 12.1 Å². The monoisotopic (exact) mass is 324 g/mol. The second kappa shape index (κ2) is 6.62. The Balaban J connectivity index is 1.99. The van der Waals surface area contributed by atoms with E-state index in [4.69, 9.17) is 4.74 Å². The van der Waals surface area contributed by atoms with Crippen LogP contribution in [0.1, 0.15) is 10.4 Å². The maximum atomic E-state index is 12.9. The van der Waals surface area contributed by atoms with Crippen molar-refractivity contribution >= 4 is 32.6 Å². The van der Waals surface area contributed by atoms with Crippen molar-refractivity contribution in [2.45, 2.75) is 0 Å². The third-order valence-electron chi connectivity index (χ3n) is 3.39. The smallest absolute Gasteiger partial charge is 0.260 e. The molecule has 0 bridgehead atoms. The van der Waals surface area contributed by atoms with Crippen LogP contribution in [0.2, 0.25) is 0 Å². The summed E-state index contributed by atoms with van der Waals surface area (Å²) >= 11 is 1.49. The standard InChI is InChI=1S/C18H16N2O2S/c1-3-11-20(17(21)13-7-6-8-14(12-13)22-2)18-19-15-9-4-5-10-16(15)23-18/h3-10,12H,1,11H2,2H3. The maximum absolute atomic E-state index is 12.9. The van der Waals surface area contributed by atoms with Crippen molar-refractivity contribution in [1.82, 2.24) is 4.98 Å². The Morgan fingerprint density at radius 2 is 2.13 bits per heavy atom. The topological polar surface area (TPSA) is 42.4 Å². The van der Waals surface area contributed by atoms with Crippen LogP contribution in [0, 0.1) is 0 Å². The van der Waals surface area contributed by atoms with E-state index in [2.05, 4.69) is 11.6 Å². The number of rotatable bonds is 5. The molecule has 2 aromatic carbocycles. The summed E-state index contributed by atoms with van der Waals surface area (Å²) in [6, 6.07) is 15.0. The van der Waals surface area contributed by atoms with Crippen LogP contribution in [-0.2, 0) is 0 Å². The largest absolute Gasteiger partial charge is 0.497 e. The van der Waals surface area contributed by atoms with E-state index in [0.717, 1.165) is 10.2 Å². The normalized spacial score (nSPS) is 10.5. The fraction of sp³-hybridized carbons (Fsp3) is 0.111. The molecule has 3 rings (SSSR count). The number of benzene rings is 2. The van der Waals surface area contributed by atoms with Crippen LogP contribution >= 0.6 is 11.3 Å². The first-order chi connectivity index (χ1) is 11.2. The van der Waals surface area contributed by atoms with Crippen molar-refractivity contribution in [3.8, 4) is 5.75 Å². The molecule has 0 saturated heterocycles. The molecular formula is C18H16N2O2S. The van der Waals surface area contributed by atoms with E-state index in [-0.39, 0.29) is 5.91 Å². The zero-order valence-corrected chi connectivity index (χ0v) is 13.5. The van der Waals surface area contributed by atoms with Crippen LogP contribution in [0.5, 0.6) is 5.75 Å². The Bertz CT molecular complexity index is 824. The van der Waals surface area contributed by atoms with Crippen LogP contribution < -0.4 is 9.64 Å². The number of carbonyl (C=O) groups excluding carboxylic acids is 1. The molecule has 0 atom stereocenters. The zero-order valence-electron chi connectivity index (χ0n) is 12.7. The van der Waals surface area contributed by atoms with Gasteiger partial charge in [-0.15, -0.1) is 6.58 Å². The van der Waals surface area contributed by atoms with E-state index >= 15 is 0 Å². The molecule has 116 valence electrons. The number of thiazole rings is 1. The van der Waals surface area contributed by atoms with Crippen LogP contribution in [0.3, 0.4) is 0 Å². The molecule has 0 aliphatic rings. The van der Waals surface area contributed by atoms with Crippen LogP contribution in [-0.4, -0.2) is 24.5 Å². The molecule has 5 heteroatoms. The van der Waals surface area contributed by atoms with Gasteiger partial charge in [-0.05, 0) is 30.3 Å². The molecule has 0 radical (unpaired) electrons. The average molecular weight is 324 g/mol. The number of carbonyl (C=O) groups is 1. The molecule has 0 aliphatic heterocycles. The number of hydrogen-bond acceptors (Lipinski definition) is 4. The van der Waals surface area contributed by atoms with E-state index in [9.17, 15) is 4.79 Å². The summed E-state index contributed by atoms with van der Waals surface area (Å²) in [4.78, 5) is 19.1. The number of fused-ring (bicyclic) bond motifs is 1. The molecule has 0 spiro atoms. The van der Waals surface area contributed by atoms with E-state index in [1.54, 1.807) is 36.3 Å². The molecule has 0 aliphatic carbocycles. The Labute approximate surface area is 138 Å². The van der Waals surface area contributed by atoms with Crippen LogP contribution in [0.4, 0.5) is 5.13 Å². The molecule has 4 nitrogen and oxygen atoms in total. The predicted molar refractivity (Wildman–Crippen MR) is 94.5 cm³/mol. The van der Waals surface area contributed by atoms with E-state index in [0.29, 0.717) is 23.0 Å². The molecule has 0 saturated carbocycles. The first-order valence-electron chi connectivity index (χ1n) is 7.15. The van der Waals surface area contributed by atoms with Crippen molar-refractivity contribution < 1.29 is 9.53 Å². The number of nitrogens with zero attached hydrogens (tertiary/aromatic N) is 2. The number of para-hydroxylation sites is 1. The molecule has 0 N–H and O–H groups in total. The molecule has 1 aromatic heterocycles. The lowest BCUT2D eigenvalue weighted by Crippen LogP contribution is -2.30. The summed E-state index contributed by atoms with van der Waals surface area (Å²) in [5.41, 5.74) is 1.45. The minimum atomic E-state index is -0.122. The number of aromatic nitrogens is 1. The van der Waals surface area contributed by atoms with Gasteiger partial charge in [0.25, 0.3) is 5.91 Å². The number of anilines is 1. The van der Waals surface area contributed by atoms with Gasteiger partial charge in [0.15, 0.2) is 5.13 Å². The quantitative estimate of drug-likeness (QED) is 0.663. The Morgan fingerprint density at radius 3 is 2.87 bits per heavy atom. The van der Waals surface area contributed by atoms with Crippen molar-refractivity contribution in [3.05, 3.63) is 66.7 Å². The highest BCUT2D eigenvalue weighted by Crippen LogP contribution is 2.29. The highest BCUT2D eigenvalue weighted by molar-refractivity contribution is 7.22. The number of methoxy groups -OCH3 is 1. The van der Waals surface area contributed by atoms with E-state index < -0.39 is 0 Å². The SMILES string of the molecule is C=CCN(C(=O)c1cccc(OC)c1)c1nc2ccccc2s1. The summed E-state index contributed by atoms with van der Waals surface area (Å²) < 4.78 is 6.25. The van der Waals surface area contributed by atoms with E-state index in [1.807, 2.05) is 30.3 Å². The Kier molecular flexibility index (Phi) is 4.39. The van der Waals surface area contributed by atoms with Gasteiger partial charge in [0.05, 0.1) is 17.3 Å². The number of ether oxygens (including phenoxy) is 1. The van der Waals surface area contributed by atoms with Crippen LogP contribution in [0.25, 0.3) is 10.2 Å². The third kappa shape index (κ3) is 3.10. The van der Waals surface area contributed by atoms with Gasteiger partial charge in [0.1, 0.15) is 5.75 Å². The van der Waals surface area contributed by atoms with Gasteiger partial charge >= 0.3 is 0 Å². The second-order valence-corrected chi connectivity index (χ2v) is 5.91. The molecule has 0 unspecified atom stereocenters. The van der Waals surface area contributed by atoms with Gasteiger partial charge < -0.3 is 4.74 Å². The fourth-order valence-corrected chi connectivity index (χ4v) is 3.24. The minimum absolute atomic E-state index is 0.122. The Hall–Kier alpha value is -2.66. The van der Waals surface area contributed by atoms with Crippen molar-refractivity contribution in [3.63, 3.8) is 0 Å². The van der Waals surface area contributed by atoms with Gasteiger partial charge in [-0.2, -0.15) is 0 Å². The van der Waals surface area contributed by atoms with Gasteiger partial charge in [-0.25, -0.2) is 4.98 Å². The van der Waals surface area contributed by atoms with Gasteiger partial charge in [-0.3, -0.25) is 9.69 Å². The molecule has 1 heterocycles. The lowest BCUT2D eigenvalue weighted by atomic mass is 10.2. The summed E-state index contributed by atoms with van der Waals surface area (Å²) in [6.07, 6.45) is 1.70. The average Bonchev–Trinajstić information content (AvgIpc) is 3.02. The maximum Gasteiger partial charge on any atom is 0.260 e. The molecule has 1 amide bonds. The van der Waals surface area contributed by atoms with E-state index in [1.165, 1.54) is 11.3 Å². The highest BCUT2D eigenvalue weighted by atomic mass is 32.1. The predicted octanol–water partition coefficient (Wildman–Crippen LogP) is 4.14. The lowest BCUT2D eigenvalue weighted by molar-refractivity contribution is 0.0989. The van der Waals surface area contributed by atoms with Crippen molar-refractivity contribution in [2.75, 3.05) is 18.6 Å². The summed E-state index contributed by atoms with van der Waals surface area (Å²) in [5, 5.41) is 0.666. The molecule has 3 aromatic rings. The first kappa shape index (κ1) is 15.2. The number of amides is 1. The molecule has 0 fully saturated rings. The zero-order chi connectivity index (χ0) is 16.2. The highest BCUT2D eigenvalue weighted by Gasteiger charge is 2.20. The minimum Gasteiger partial charge on any atom is -0.497 e. The first-order valence-corrected chi connectivity index (χ1v) is 7.97. The molecular weight excluding hydrogens is 308 g/mol. The van der Waals surface area contributed by atoms with Gasteiger partial charge in [-0.1, -0.05) is 35.6 Å². The van der Waals surface area contributed by atoms with Crippen molar-refractivity contribution in [2.24, 2.45) is 0 Å². The summed E-state index contributed by atoms with van der Waals surface area (Å²) in [7, 11) is 1.58. The summed E-state index contributed by atoms with van der Waals surface area (Å²) in [6.45, 7) is 4.15. The Morgan fingerprint density at radius 1 is 1.30 bits per heavy atom. The van der Waals surface area contributed by atoms with Gasteiger partial charge in [0.2, 0.25) is 0 Å². The fourth-order valence-electron chi connectivity index (χ4n) is 2.26. The third-order valence-corrected chi connectivity index (χ3v) is 4.45. The lowest BCUT2D eigenvalue weighted by Gasteiger charge is -2.18. The summed E-state index contributed by atoms with van der Waals surface area (Å²) in [5.74, 6) is 0.529. The van der Waals surface area contributed by atoms with Crippen molar-refractivity contribution in [1.29, 1.82) is 0 Å².